The number of pyridine rings is 1. The molecule has 2 atom stereocenters. The van der Waals surface area contributed by atoms with E-state index in [4.69, 9.17) is 16.1 Å². The Balaban J connectivity index is 1.61. The van der Waals surface area contributed by atoms with Crippen molar-refractivity contribution in [2.45, 2.75) is 31.9 Å². The van der Waals surface area contributed by atoms with Crippen LogP contribution < -0.4 is 30.7 Å². The van der Waals surface area contributed by atoms with E-state index >= 15 is 4.39 Å². The third-order valence-electron chi connectivity index (χ3n) is 7.25. The SMILES string of the molecule is C#Cc1c(F)ccc(=C/C)/c1=C(\C=C)c1ncc2c(N3CC4CC3=CN4)nc(OC3CCNC3)nc2c1F. The van der Waals surface area contributed by atoms with Gasteiger partial charge in [0.1, 0.15) is 28.9 Å². The number of terminal acetylenes is 1. The highest BCUT2D eigenvalue weighted by atomic mass is 19.1. The minimum Gasteiger partial charge on any atom is -0.459 e. The average Bonchev–Trinajstić information content (AvgIpc) is 3.70. The lowest BCUT2D eigenvalue weighted by Crippen LogP contribution is -2.33. The largest absolute Gasteiger partial charge is 0.459 e. The molecule has 1 aromatic carbocycles. The maximum absolute atomic E-state index is 16.4. The molecule has 0 aliphatic carbocycles. The highest BCUT2D eigenvalue weighted by Crippen LogP contribution is 2.37. The number of hydrogen-bond donors (Lipinski definition) is 2. The number of benzene rings is 1. The Bertz CT molecular complexity index is 1670. The molecule has 0 radical (unpaired) electrons. The molecule has 2 N–H and O–H groups in total. The molecule has 5 heterocycles. The summed E-state index contributed by atoms with van der Waals surface area (Å²) in [6.45, 7) is 7.87. The van der Waals surface area contributed by atoms with Gasteiger partial charge in [0.25, 0.3) is 0 Å². The molecule has 6 rings (SSSR count). The predicted octanol–water partition coefficient (Wildman–Crippen LogP) is 2.23. The van der Waals surface area contributed by atoms with Gasteiger partial charge in [0.15, 0.2) is 5.82 Å². The number of ether oxygens (including phenoxy) is 1. The molecule has 38 heavy (non-hydrogen) atoms. The number of anilines is 1. The summed E-state index contributed by atoms with van der Waals surface area (Å²) < 4.78 is 37.2. The highest BCUT2D eigenvalue weighted by molar-refractivity contribution is 5.93. The van der Waals surface area contributed by atoms with Crippen LogP contribution in [-0.2, 0) is 0 Å². The van der Waals surface area contributed by atoms with Crippen molar-refractivity contribution in [1.29, 1.82) is 0 Å². The Hall–Kier alpha value is -4.29. The third kappa shape index (κ3) is 3.89. The van der Waals surface area contributed by atoms with Crippen LogP contribution in [0.5, 0.6) is 6.01 Å². The van der Waals surface area contributed by atoms with Gasteiger partial charge in [0.05, 0.1) is 10.9 Å². The molecule has 9 heteroatoms. The van der Waals surface area contributed by atoms with Gasteiger partial charge in [-0.1, -0.05) is 30.7 Å². The second kappa shape index (κ2) is 9.54. The van der Waals surface area contributed by atoms with Gasteiger partial charge in [-0.05, 0) is 31.2 Å². The maximum Gasteiger partial charge on any atom is 0.319 e. The summed E-state index contributed by atoms with van der Waals surface area (Å²) in [5.41, 5.74) is 1.40. The van der Waals surface area contributed by atoms with Crippen molar-refractivity contribution in [3.05, 3.63) is 76.2 Å². The third-order valence-corrected chi connectivity index (χ3v) is 7.25. The van der Waals surface area contributed by atoms with Crippen molar-refractivity contribution in [2.75, 3.05) is 24.5 Å². The molecule has 192 valence electrons. The van der Waals surface area contributed by atoms with Crippen LogP contribution in [0.25, 0.3) is 22.6 Å². The molecule has 0 spiro atoms. The second-order valence-corrected chi connectivity index (χ2v) is 9.50. The lowest BCUT2D eigenvalue weighted by molar-refractivity contribution is 0.205. The van der Waals surface area contributed by atoms with Gasteiger partial charge in [0, 0.05) is 54.4 Å². The van der Waals surface area contributed by atoms with E-state index in [2.05, 4.69) is 38.0 Å². The number of halogens is 2. The standard InChI is InChI=1S/C29H26F2N6O/c1-4-16-7-8-23(30)20(5-2)24(16)21(6-3)26-25(31)27-22(14-34-26)28(37-15-17-11-18(37)12-33-17)36-29(35-27)38-19-9-10-32-13-19/h2,4,6-8,12,14,17,19,32-33H,3,9-11,13,15H2,1H3/b16-4-,24-21-. The second-order valence-electron chi connectivity index (χ2n) is 9.50. The van der Waals surface area contributed by atoms with Crippen LogP contribution >= 0.6 is 0 Å². The topological polar surface area (TPSA) is 75.2 Å². The zero-order valence-corrected chi connectivity index (χ0v) is 20.9. The van der Waals surface area contributed by atoms with Gasteiger partial charge in [-0.15, -0.1) is 6.42 Å². The molecular formula is C29H26F2N6O. The molecule has 3 aromatic rings. The molecule has 0 amide bonds. The Labute approximate surface area is 218 Å². The summed E-state index contributed by atoms with van der Waals surface area (Å²) in [6, 6.07) is 3.27. The van der Waals surface area contributed by atoms with Gasteiger partial charge in [0.2, 0.25) is 0 Å². The molecule has 2 aromatic heterocycles. The summed E-state index contributed by atoms with van der Waals surface area (Å²) in [4.78, 5) is 15.7. The maximum atomic E-state index is 16.4. The molecule has 0 saturated carbocycles. The number of fused-ring (bicyclic) bond motifs is 3. The first kappa shape index (κ1) is 24.1. The van der Waals surface area contributed by atoms with Gasteiger partial charge >= 0.3 is 6.01 Å². The van der Waals surface area contributed by atoms with E-state index < -0.39 is 11.6 Å². The van der Waals surface area contributed by atoms with Gasteiger partial charge < -0.3 is 20.3 Å². The molecule has 7 nitrogen and oxygen atoms in total. The van der Waals surface area contributed by atoms with E-state index in [0.29, 0.717) is 34.7 Å². The lowest BCUT2D eigenvalue weighted by Gasteiger charge is -2.24. The van der Waals surface area contributed by atoms with E-state index in [1.165, 1.54) is 12.1 Å². The number of aromatic nitrogens is 3. The van der Waals surface area contributed by atoms with Crippen molar-refractivity contribution in [1.82, 2.24) is 25.6 Å². The zero-order valence-electron chi connectivity index (χ0n) is 20.9. The fourth-order valence-corrected chi connectivity index (χ4v) is 5.38. The van der Waals surface area contributed by atoms with Gasteiger partial charge in [-0.3, -0.25) is 4.98 Å². The van der Waals surface area contributed by atoms with Crippen LogP contribution in [0.15, 0.2) is 42.9 Å². The fourth-order valence-electron chi connectivity index (χ4n) is 5.38. The van der Waals surface area contributed by atoms with Crippen LogP contribution in [0.1, 0.15) is 31.0 Å². The van der Waals surface area contributed by atoms with E-state index in [1.807, 2.05) is 6.20 Å². The first-order valence-electron chi connectivity index (χ1n) is 12.6. The fraction of sp³-hybridized carbons (Fsp3) is 0.276. The molecule has 3 aliphatic heterocycles. The van der Waals surface area contributed by atoms with Gasteiger partial charge in [-0.25, -0.2) is 8.78 Å². The summed E-state index contributed by atoms with van der Waals surface area (Å²) in [6.07, 6.45) is 14.0. The zero-order chi connectivity index (χ0) is 26.4. The van der Waals surface area contributed by atoms with Crippen molar-refractivity contribution in [3.8, 4) is 18.4 Å². The minimum absolute atomic E-state index is 0.0189. The Kier molecular flexibility index (Phi) is 6.04. The van der Waals surface area contributed by atoms with Crippen LogP contribution in [0.2, 0.25) is 0 Å². The molecular weight excluding hydrogens is 486 g/mol. The number of hydrogen-bond acceptors (Lipinski definition) is 7. The van der Waals surface area contributed by atoms with E-state index in [-0.39, 0.29) is 40.5 Å². The van der Waals surface area contributed by atoms with Crippen molar-refractivity contribution in [3.63, 3.8) is 0 Å². The summed E-state index contributed by atoms with van der Waals surface area (Å²) in [5, 5.41) is 8.03. The first-order valence-corrected chi connectivity index (χ1v) is 12.6. The van der Waals surface area contributed by atoms with Crippen LogP contribution in [-0.4, -0.2) is 46.7 Å². The molecule has 2 saturated heterocycles. The Morgan fingerprint density at radius 1 is 1.32 bits per heavy atom. The minimum atomic E-state index is -0.679. The smallest absolute Gasteiger partial charge is 0.319 e. The first-order chi connectivity index (χ1) is 18.5. The Morgan fingerprint density at radius 3 is 2.84 bits per heavy atom. The van der Waals surface area contributed by atoms with Gasteiger partial charge in [-0.2, -0.15) is 9.97 Å². The van der Waals surface area contributed by atoms with Crippen LogP contribution in [0.4, 0.5) is 14.6 Å². The quantitative estimate of drug-likeness (QED) is 0.508. The highest BCUT2D eigenvalue weighted by Gasteiger charge is 2.34. The van der Waals surface area contributed by atoms with E-state index in [1.54, 1.807) is 25.3 Å². The lowest BCUT2D eigenvalue weighted by atomic mass is 10.0. The van der Waals surface area contributed by atoms with Crippen molar-refractivity contribution in [2.24, 2.45) is 0 Å². The molecule has 2 fully saturated rings. The number of rotatable bonds is 5. The summed E-state index contributed by atoms with van der Waals surface area (Å²) in [5.74, 6) is 1.69. The average molecular weight is 513 g/mol. The number of nitrogens with zero attached hydrogens (tertiary/aromatic N) is 4. The van der Waals surface area contributed by atoms with Crippen LogP contribution in [0.3, 0.4) is 0 Å². The van der Waals surface area contributed by atoms with E-state index in [9.17, 15) is 4.39 Å². The summed E-state index contributed by atoms with van der Waals surface area (Å²) in [7, 11) is 0. The molecule has 3 aliphatic rings. The molecule has 2 bridgehead atoms. The monoisotopic (exact) mass is 512 g/mol. The van der Waals surface area contributed by atoms with Crippen molar-refractivity contribution < 1.29 is 13.5 Å². The van der Waals surface area contributed by atoms with Crippen LogP contribution in [0, 0.1) is 24.0 Å². The molecule has 2 unspecified atom stereocenters. The normalized spacial score (nSPS) is 21.4. The Morgan fingerprint density at radius 2 is 2.18 bits per heavy atom. The van der Waals surface area contributed by atoms with Crippen molar-refractivity contribution >= 4 is 28.4 Å². The summed E-state index contributed by atoms with van der Waals surface area (Å²) >= 11 is 0. The number of nitrogens with one attached hydrogen (secondary N) is 2. The number of allylic oxidation sites excluding steroid dienone is 1. The van der Waals surface area contributed by atoms with E-state index in [0.717, 1.165) is 25.1 Å². The predicted molar refractivity (Wildman–Crippen MR) is 143 cm³/mol.